The normalized spacial score (nSPS) is 10.8. The molecule has 0 fully saturated rings. The summed E-state index contributed by atoms with van der Waals surface area (Å²) in [5.74, 6) is 0.949. The number of hydrogen-bond donors (Lipinski definition) is 2. The van der Waals surface area contributed by atoms with E-state index in [2.05, 4.69) is 52.9 Å². The first-order chi connectivity index (χ1) is 18.4. The van der Waals surface area contributed by atoms with Gasteiger partial charge >= 0.3 is 0 Å². The summed E-state index contributed by atoms with van der Waals surface area (Å²) >= 11 is 6.70. The average Bonchev–Trinajstić information content (AvgIpc) is 2.92. The Bertz CT molecular complexity index is 1230. The van der Waals surface area contributed by atoms with Crippen LogP contribution in [0.25, 0.3) is 0 Å². The highest BCUT2D eigenvalue weighted by Gasteiger charge is 2.09. The molecule has 198 valence electrons. The van der Waals surface area contributed by atoms with Crippen LogP contribution in [-0.4, -0.2) is 51.7 Å². The van der Waals surface area contributed by atoms with Crippen LogP contribution in [0.1, 0.15) is 11.1 Å². The number of rotatable bonds is 12. The fraction of sp³-hybridized carbons (Fsp3) is 0.154. The zero-order valence-electron chi connectivity index (χ0n) is 20.4. The summed E-state index contributed by atoms with van der Waals surface area (Å²) in [5.41, 5.74) is 6.14. The third-order valence-corrected chi connectivity index (χ3v) is 5.74. The number of nitrogens with one attached hydrogen (secondary N) is 2. The van der Waals surface area contributed by atoms with Gasteiger partial charge in [0.25, 0.3) is 11.8 Å². The highest BCUT2D eigenvalue weighted by atomic mass is 79.9. The summed E-state index contributed by atoms with van der Waals surface area (Å²) < 4.78 is 23.1. The highest BCUT2D eigenvalue weighted by Crippen LogP contribution is 2.31. The molecule has 0 aromatic heterocycles. The lowest BCUT2D eigenvalue weighted by atomic mass is 10.1. The van der Waals surface area contributed by atoms with E-state index in [4.69, 9.17) is 18.9 Å². The smallest absolute Gasteiger partial charge is 0.277 e. The summed E-state index contributed by atoms with van der Waals surface area (Å²) in [6, 6.07) is 17.6. The van der Waals surface area contributed by atoms with E-state index in [1.165, 1.54) is 26.6 Å². The first-order valence-corrected chi connectivity index (χ1v) is 12.6. The zero-order valence-corrected chi connectivity index (χ0v) is 23.6. The predicted octanol–water partition coefficient (Wildman–Crippen LogP) is 4.29. The van der Waals surface area contributed by atoms with E-state index in [-0.39, 0.29) is 13.2 Å². The summed E-state index contributed by atoms with van der Waals surface area (Å²) in [6.07, 6.45) is 2.93. The Morgan fingerprint density at radius 1 is 0.711 bits per heavy atom. The van der Waals surface area contributed by atoms with Crippen LogP contribution in [0.2, 0.25) is 0 Å². The Balaban J connectivity index is 1.49. The van der Waals surface area contributed by atoms with Crippen LogP contribution >= 0.6 is 31.9 Å². The Hall–Kier alpha value is -3.90. The number of methoxy groups -OCH3 is 2. The van der Waals surface area contributed by atoms with Gasteiger partial charge in [-0.15, -0.1) is 0 Å². The van der Waals surface area contributed by atoms with E-state index in [0.29, 0.717) is 34.1 Å². The van der Waals surface area contributed by atoms with Crippen LogP contribution in [0.4, 0.5) is 0 Å². The molecule has 3 aromatic carbocycles. The molecular weight excluding hydrogens is 624 g/mol. The van der Waals surface area contributed by atoms with Gasteiger partial charge in [0.05, 0.1) is 26.6 Å². The van der Waals surface area contributed by atoms with Gasteiger partial charge in [0, 0.05) is 20.1 Å². The first kappa shape index (κ1) is 28.7. The molecule has 0 aliphatic rings. The topological polar surface area (TPSA) is 120 Å². The molecule has 0 radical (unpaired) electrons. The van der Waals surface area contributed by atoms with Gasteiger partial charge in [-0.3, -0.25) is 9.59 Å². The van der Waals surface area contributed by atoms with Gasteiger partial charge in [0.2, 0.25) is 0 Å². The summed E-state index contributed by atoms with van der Waals surface area (Å²) in [7, 11) is 3.03. The van der Waals surface area contributed by atoms with Crippen LogP contribution < -0.4 is 29.8 Å². The lowest BCUT2D eigenvalue weighted by Gasteiger charge is -2.10. The molecule has 2 N–H and O–H groups in total. The zero-order chi connectivity index (χ0) is 27.3. The number of carbonyl (C=O) groups is 2. The molecule has 10 nitrogen and oxygen atoms in total. The number of carbonyl (C=O) groups excluding carboxylic acids is 2. The molecule has 0 spiro atoms. The second-order valence-corrected chi connectivity index (χ2v) is 9.21. The Morgan fingerprint density at radius 3 is 1.53 bits per heavy atom. The quantitative estimate of drug-likeness (QED) is 0.224. The molecule has 0 atom stereocenters. The summed E-state index contributed by atoms with van der Waals surface area (Å²) in [5, 5.41) is 7.94. The van der Waals surface area contributed by atoms with Crippen molar-refractivity contribution in [3.63, 3.8) is 0 Å². The van der Waals surface area contributed by atoms with Gasteiger partial charge in [0.15, 0.2) is 36.2 Å². The minimum Gasteiger partial charge on any atom is -0.493 e. The fourth-order valence-corrected chi connectivity index (χ4v) is 3.65. The van der Waals surface area contributed by atoms with Crippen LogP contribution in [0, 0.1) is 0 Å². The number of halogens is 2. The molecule has 0 bridgehead atoms. The fourth-order valence-electron chi connectivity index (χ4n) is 2.97. The van der Waals surface area contributed by atoms with Crippen molar-refractivity contribution in [1.29, 1.82) is 0 Å². The van der Waals surface area contributed by atoms with Crippen molar-refractivity contribution in [3.8, 4) is 23.0 Å². The van der Waals surface area contributed by atoms with Crippen LogP contribution in [-0.2, 0) is 9.59 Å². The van der Waals surface area contributed by atoms with Gasteiger partial charge in [-0.25, -0.2) is 10.9 Å². The lowest BCUT2D eigenvalue weighted by molar-refractivity contribution is -0.123. The van der Waals surface area contributed by atoms with Crippen LogP contribution in [0.5, 0.6) is 23.0 Å². The van der Waals surface area contributed by atoms with E-state index in [1.807, 2.05) is 12.1 Å². The Morgan fingerprint density at radius 2 is 1.13 bits per heavy atom. The molecule has 0 unspecified atom stereocenters. The standard InChI is InChI=1S/C26H24Br2N4O6/c1-35-23-11-19(27)7-9-21(23)37-15-25(33)31-29-13-17-5-3-4-6-18(17)14-30-32-26(34)16-38-22-10-8-20(28)12-24(22)36-2/h3-14H,15-16H2,1-2H3,(H,31,33)(H,32,34)/b29-13+,30-14+. The molecule has 12 heteroatoms. The van der Waals surface area contributed by atoms with Gasteiger partial charge in [-0.05, 0) is 36.4 Å². The SMILES string of the molecule is COc1cc(Br)ccc1OCC(=O)N/N=C/c1ccccc1/C=N/NC(=O)COc1ccc(Br)cc1OC. The predicted molar refractivity (Wildman–Crippen MR) is 150 cm³/mol. The van der Waals surface area contributed by atoms with E-state index in [9.17, 15) is 9.59 Å². The molecule has 3 rings (SSSR count). The average molecular weight is 648 g/mol. The van der Waals surface area contributed by atoms with Crippen LogP contribution in [0.3, 0.4) is 0 Å². The number of amides is 2. The Labute approximate surface area is 236 Å². The molecule has 38 heavy (non-hydrogen) atoms. The van der Waals surface area contributed by atoms with Crippen molar-refractivity contribution in [2.24, 2.45) is 10.2 Å². The molecule has 0 saturated carbocycles. The minimum atomic E-state index is -0.452. The maximum absolute atomic E-state index is 12.1. The minimum absolute atomic E-state index is 0.251. The molecular formula is C26H24Br2N4O6. The van der Waals surface area contributed by atoms with Crippen molar-refractivity contribution in [1.82, 2.24) is 10.9 Å². The lowest BCUT2D eigenvalue weighted by Crippen LogP contribution is -2.25. The first-order valence-electron chi connectivity index (χ1n) is 11.0. The number of hydrazone groups is 2. The van der Waals surface area contributed by atoms with Crippen molar-refractivity contribution in [3.05, 3.63) is 80.7 Å². The number of nitrogens with zero attached hydrogens (tertiary/aromatic N) is 2. The number of benzene rings is 3. The van der Waals surface area contributed by atoms with Gasteiger partial charge in [-0.1, -0.05) is 56.1 Å². The second kappa shape index (κ2) is 14.7. The Kier molecular flexibility index (Phi) is 11.1. The van der Waals surface area contributed by atoms with Gasteiger partial charge in [-0.2, -0.15) is 10.2 Å². The molecule has 2 amide bonds. The van der Waals surface area contributed by atoms with Gasteiger partial charge in [0.1, 0.15) is 0 Å². The van der Waals surface area contributed by atoms with Crippen molar-refractivity contribution in [2.45, 2.75) is 0 Å². The summed E-state index contributed by atoms with van der Waals surface area (Å²) in [4.78, 5) is 24.3. The van der Waals surface area contributed by atoms with Gasteiger partial charge < -0.3 is 18.9 Å². The largest absolute Gasteiger partial charge is 0.493 e. The third-order valence-electron chi connectivity index (χ3n) is 4.75. The summed E-state index contributed by atoms with van der Waals surface area (Å²) in [6.45, 7) is -0.503. The second-order valence-electron chi connectivity index (χ2n) is 7.38. The maximum Gasteiger partial charge on any atom is 0.277 e. The van der Waals surface area contributed by atoms with E-state index < -0.39 is 11.8 Å². The van der Waals surface area contributed by atoms with E-state index in [0.717, 1.165) is 8.95 Å². The maximum atomic E-state index is 12.1. The van der Waals surface area contributed by atoms with Crippen molar-refractivity contribution in [2.75, 3.05) is 27.4 Å². The van der Waals surface area contributed by atoms with Crippen molar-refractivity contribution < 1.29 is 28.5 Å². The highest BCUT2D eigenvalue weighted by molar-refractivity contribution is 9.10. The monoisotopic (exact) mass is 646 g/mol. The molecule has 0 aliphatic heterocycles. The third kappa shape index (κ3) is 8.89. The molecule has 3 aromatic rings. The number of ether oxygens (including phenoxy) is 4. The molecule has 0 saturated heterocycles. The number of hydrogen-bond acceptors (Lipinski definition) is 8. The molecule has 0 heterocycles. The van der Waals surface area contributed by atoms with Crippen molar-refractivity contribution >= 4 is 56.1 Å². The van der Waals surface area contributed by atoms with E-state index in [1.54, 1.807) is 48.5 Å². The van der Waals surface area contributed by atoms with E-state index >= 15 is 0 Å². The molecule has 0 aliphatic carbocycles. The van der Waals surface area contributed by atoms with Crippen LogP contribution in [0.15, 0.2) is 79.8 Å².